The number of fused-ring (bicyclic) bond motifs is 1. The second-order valence-electron chi connectivity index (χ2n) is 6.94. The molecule has 0 saturated carbocycles. The molecule has 0 saturated heterocycles. The Bertz CT molecular complexity index is 1310. The summed E-state index contributed by atoms with van der Waals surface area (Å²) in [6, 6.07) is 21.1. The Kier molecular flexibility index (Phi) is 5.39. The molecule has 0 aliphatic rings. The first-order valence-corrected chi connectivity index (χ1v) is 9.46. The number of rotatable bonds is 6. The van der Waals surface area contributed by atoms with Crippen LogP contribution in [0.3, 0.4) is 0 Å². The van der Waals surface area contributed by atoms with Crippen LogP contribution >= 0.6 is 0 Å². The Morgan fingerprint density at radius 1 is 1.13 bits per heavy atom. The van der Waals surface area contributed by atoms with Gasteiger partial charge in [-0.25, -0.2) is 4.39 Å². The van der Waals surface area contributed by atoms with Crippen LogP contribution in [0.4, 0.5) is 4.39 Å². The number of amides is 1. The van der Waals surface area contributed by atoms with E-state index < -0.39 is 18.7 Å². The van der Waals surface area contributed by atoms with Crippen molar-refractivity contribution in [3.63, 3.8) is 0 Å². The lowest BCUT2D eigenvalue weighted by Crippen LogP contribution is -2.20. The second kappa shape index (κ2) is 8.30. The minimum absolute atomic E-state index is 0.232. The van der Waals surface area contributed by atoms with E-state index in [2.05, 4.69) is 0 Å². The summed E-state index contributed by atoms with van der Waals surface area (Å²) in [7, 11) is 0. The van der Waals surface area contributed by atoms with Gasteiger partial charge in [-0.05, 0) is 42.5 Å². The first-order chi connectivity index (χ1) is 15.0. The maximum Gasteiger partial charge on any atom is 0.250 e. The van der Waals surface area contributed by atoms with Crippen LogP contribution < -0.4 is 10.5 Å². The lowest BCUT2D eigenvalue weighted by molar-refractivity contribution is -0.126. The van der Waals surface area contributed by atoms with Crippen LogP contribution in [-0.2, 0) is 11.5 Å². The van der Waals surface area contributed by atoms with Gasteiger partial charge >= 0.3 is 0 Å². The molecule has 0 fully saturated rings. The average Bonchev–Trinajstić information content (AvgIpc) is 3.18. The molecule has 4 rings (SSSR count). The highest BCUT2D eigenvalue weighted by Gasteiger charge is 2.20. The molecule has 1 amide bonds. The number of aliphatic hydroxyl groups excluding tert-OH is 1. The van der Waals surface area contributed by atoms with Crippen LogP contribution in [0.25, 0.3) is 16.6 Å². The van der Waals surface area contributed by atoms with Crippen molar-refractivity contribution in [2.45, 2.75) is 12.8 Å². The molecule has 0 spiro atoms. The fourth-order valence-electron chi connectivity index (χ4n) is 3.44. The van der Waals surface area contributed by atoms with Gasteiger partial charge in [-0.1, -0.05) is 24.3 Å². The van der Waals surface area contributed by atoms with Crippen LogP contribution in [0.15, 0.2) is 72.9 Å². The highest BCUT2D eigenvalue weighted by Crippen LogP contribution is 2.31. The van der Waals surface area contributed by atoms with Gasteiger partial charge in [0.2, 0.25) is 0 Å². The molecule has 1 heterocycles. The fourth-order valence-corrected chi connectivity index (χ4v) is 3.44. The molecule has 31 heavy (non-hydrogen) atoms. The predicted octanol–water partition coefficient (Wildman–Crippen LogP) is 4.28. The smallest absolute Gasteiger partial charge is 0.250 e. The first kappa shape index (κ1) is 20.1. The third-order valence-electron chi connectivity index (χ3n) is 5.00. The number of halogens is 1. The van der Waals surface area contributed by atoms with Crippen molar-refractivity contribution in [3.05, 3.63) is 89.6 Å². The van der Waals surface area contributed by atoms with Gasteiger partial charge in [0.1, 0.15) is 18.2 Å². The lowest BCUT2D eigenvalue weighted by atomic mass is 10.1. The summed E-state index contributed by atoms with van der Waals surface area (Å²) in [6.45, 7) is -0.713. The number of hydrogen-bond donors (Lipinski definition) is 2. The number of benzene rings is 3. The van der Waals surface area contributed by atoms with Crippen LogP contribution in [0.5, 0.6) is 11.5 Å². The molecule has 1 aromatic heterocycles. The zero-order valence-corrected chi connectivity index (χ0v) is 16.3. The molecule has 7 heteroatoms. The average molecular weight is 415 g/mol. The van der Waals surface area contributed by atoms with E-state index in [0.717, 1.165) is 16.6 Å². The SMILES string of the molecule is N#Cc1cc(Oc2ccc(-n3cc([C@@H](O)C(N)=O)c4ccccc43)cc2)ccc1CF. The van der Waals surface area contributed by atoms with E-state index in [-0.39, 0.29) is 5.56 Å². The van der Waals surface area contributed by atoms with E-state index in [1.165, 1.54) is 12.1 Å². The minimum atomic E-state index is -1.41. The number of ether oxygens (including phenoxy) is 1. The number of aliphatic hydroxyl groups is 1. The Labute approximate surface area is 177 Å². The number of primary amides is 1. The van der Waals surface area contributed by atoms with Crippen molar-refractivity contribution < 1.29 is 19.0 Å². The number of para-hydroxylation sites is 1. The number of hydrogen-bond acceptors (Lipinski definition) is 4. The molecule has 154 valence electrons. The summed E-state index contributed by atoms with van der Waals surface area (Å²) in [5.41, 5.74) is 7.87. The van der Waals surface area contributed by atoms with Crippen molar-refractivity contribution in [1.29, 1.82) is 5.26 Å². The summed E-state index contributed by atoms with van der Waals surface area (Å²) in [5, 5.41) is 20.1. The number of carbonyl (C=O) groups excluding carboxylic acids is 1. The Morgan fingerprint density at radius 3 is 2.52 bits per heavy atom. The summed E-state index contributed by atoms with van der Waals surface area (Å²) in [6.07, 6.45) is 0.278. The number of nitrogens with two attached hydrogens (primary N) is 1. The molecule has 4 aromatic rings. The van der Waals surface area contributed by atoms with Gasteiger partial charge in [-0.15, -0.1) is 0 Å². The van der Waals surface area contributed by atoms with Gasteiger partial charge in [-0.2, -0.15) is 5.26 Å². The Balaban J connectivity index is 1.66. The normalized spacial score (nSPS) is 11.8. The molecule has 0 radical (unpaired) electrons. The largest absolute Gasteiger partial charge is 0.457 e. The van der Waals surface area contributed by atoms with Gasteiger partial charge < -0.3 is 20.1 Å². The predicted molar refractivity (Wildman–Crippen MR) is 113 cm³/mol. The molecule has 0 aliphatic carbocycles. The van der Waals surface area contributed by atoms with E-state index in [9.17, 15) is 14.3 Å². The molecule has 0 aliphatic heterocycles. The minimum Gasteiger partial charge on any atom is -0.457 e. The third-order valence-corrected chi connectivity index (χ3v) is 5.00. The monoisotopic (exact) mass is 415 g/mol. The number of nitrogens with zero attached hydrogens (tertiary/aromatic N) is 2. The van der Waals surface area contributed by atoms with Crippen molar-refractivity contribution in [2.75, 3.05) is 0 Å². The number of alkyl halides is 1. The van der Waals surface area contributed by atoms with E-state index in [0.29, 0.717) is 22.6 Å². The second-order valence-corrected chi connectivity index (χ2v) is 6.94. The molecule has 3 N–H and O–H groups in total. The van der Waals surface area contributed by atoms with E-state index in [4.69, 9.17) is 15.7 Å². The van der Waals surface area contributed by atoms with Gasteiger partial charge in [0.05, 0.1) is 17.1 Å². The van der Waals surface area contributed by atoms with Crippen molar-refractivity contribution in [1.82, 2.24) is 4.57 Å². The number of aromatic nitrogens is 1. The quantitative estimate of drug-likeness (QED) is 0.491. The summed E-state index contributed by atoms with van der Waals surface area (Å²) < 4.78 is 20.5. The highest BCUT2D eigenvalue weighted by molar-refractivity contribution is 5.91. The van der Waals surface area contributed by atoms with Gasteiger partial charge in [0.25, 0.3) is 5.91 Å². The van der Waals surface area contributed by atoms with E-state index in [1.54, 1.807) is 24.4 Å². The zero-order chi connectivity index (χ0) is 22.0. The van der Waals surface area contributed by atoms with Crippen LogP contribution in [0, 0.1) is 11.3 Å². The summed E-state index contributed by atoms with van der Waals surface area (Å²) in [4.78, 5) is 11.5. The van der Waals surface area contributed by atoms with Crippen LogP contribution in [0.1, 0.15) is 22.8 Å². The molecule has 3 aromatic carbocycles. The van der Waals surface area contributed by atoms with Crippen molar-refractivity contribution in [2.24, 2.45) is 5.73 Å². The molecule has 1 atom stereocenters. The molecule has 6 nitrogen and oxygen atoms in total. The number of nitriles is 1. The van der Waals surface area contributed by atoms with Gasteiger partial charge in [0.15, 0.2) is 6.10 Å². The topological polar surface area (TPSA) is 101 Å². The zero-order valence-electron chi connectivity index (χ0n) is 16.3. The summed E-state index contributed by atoms with van der Waals surface area (Å²) >= 11 is 0. The van der Waals surface area contributed by atoms with Crippen LogP contribution in [0.2, 0.25) is 0 Å². The van der Waals surface area contributed by atoms with Gasteiger partial charge in [0, 0.05) is 28.4 Å². The molecule has 0 unspecified atom stereocenters. The number of carbonyl (C=O) groups is 1. The van der Waals surface area contributed by atoms with Gasteiger partial charge in [-0.3, -0.25) is 4.79 Å². The van der Waals surface area contributed by atoms with E-state index in [1.807, 2.05) is 47.0 Å². The fraction of sp³-hybridized carbons (Fsp3) is 0.0833. The summed E-state index contributed by atoms with van der Waals surface area (Å²) in [5.74, 6) is 0.149. The standard InChI is InChI=1S/C24H18FN3O3/c25-12-15-5-8-19(11-16(15)13-26)31-18-9-6-17(7-10-18)28-14-21(23(29)24(27)30)20-3-1-2-4-22(20)28/h1-11,14,23,29H,12H2,(H2,27,30)/t23-/m1/s1. The third kappa shape index (κ3) is 3.84. The maximum absolute atomic E-state index is 12.9. The van der Waals surface area contributed by atoms with E-state index >= 15 is 0 Å². The molecular formula is C24H18FN3O3. The lowest BCUT2D eigenvalue weighted by Gasteiger charge is -2.10. The van der Waals surface area contributed by atoms with Crippen molar-refractivity contribution in [3.8, 4) is 23.3 Å². The Hall–Kier alpha value is -4.15. The van der Waals surface area contributed by atoms with Crippen LogP contribution in [-0.4, -0.2) is 15.6 Å². The maximum atomic E-state index is 12.9. The first-order valence-electron chi connectivity index (χ1n) is 9.46. The Morgan fingerprint density at radius 2 is 1.84 bits per heavy atom. The molecular weight excluding hydrogens is 397 g/mol. The highest BCUT2D eigenvalue weighted by atomic mass is 19.1. The van der Waals surface area contributed by atoms with Crippen molar-refractivity contribution >= 4 is 16.8 Å². The molecule has 0 bridgehead atoms.